The van der Waals surface area contributed by atoms with Crippen LogP contribution < -0.4 is 5.32 Å². The first-order chi connectivity index (χ1) is 17.3. The molecule has 0 aliphatic heterocycles. The van der Waals surface area contributed by atoms with Crippen LogP contribution in [0, 0.1) is 11.3 Å². The van der Waals surface area contributed by atoms with Crippen LogP contribution >= 0.6 is 11.6 Å². The molecule has 1 aromatic carbocycles. The molecule has 0 atom stereocenters. The average molecular weight is 510 g/mol. The molecule has 0 fully saturated rings. The lowest BCUT2D eigenvalue weighted by Gasteiger charge is -2.14. The van der Waals surface area contributed by atoms with E-state index in [0.29, 0.717) is 15.6 Å². The molecule has 14 heteroatoms. The molecule has 1 N–H and O–H groups in total. The molecule has 0 saturated carbocycles. The highest BCUT2D eigenvalue weighted by molar-refractivity contribution is 6.32. The minimum Gasteiger partial charge on any atom is -0.320 e. The van der Waals surface area contributed by atoms with E-state index in [0.717, 1.165) is 11.0 Å². The summed E-state index contributed by atoms with van der Waals surface area (Å²) in [5.41, 5.74) is -1.31. The molecule has 0 aliphatic rings. The van der Waals surface area contributed by atoms with Crippen LogP contribution in [0.3, 0.4) is 0 Å². The molecule has 0 spiro atoms. The van der Waals surface area contributed by atoms with Crippen LogP contribution in [0.4, 0.5) is 18.9 Å². The van der Waals surface area contributed by atoms with Crippen molar-refractivity contribution in [3.63, 3.8) is 0 Å². The van der Waals surface area contributed by atoms with Crippen molar-refractivity contribution < 1.29 is 18.0 Å². The van der Waals surface area contributed by atoms with Gasteiger partial charge in [0.1, 0.15) is 6.07 Å². The van der Waals surface area contributed by atoms with Crippen molar-refractivity contribution in [2.24, 2.45) is 0 Å². The van der Waals surface area contributed by atoms with E-state index < -0.39 is 23.3 Å². The monoisotopic (exact) mass is 509 g/mol. The fourth-order valence-electron chi connectivity index (χ4n) is 3.50. The van der Waals surface area contributed by atoms with Crippen LogP contribution in [0.2, 0.25) is 5.02 Å². The van der Waals surface area contributed by atoms with E-state index in [1.807, 2.05) is 6.07 Å². The zero-order valence-electron chi connectivity index (χ0n) is 17.8. The van der Waals surface area contributed by atoms with Gasteiger partial charge in [-0.1, -0.05) is 17.7 Å². The zero-order chi connectivity index (χ0) is 25.4. The lowest BCUT2D eigenvalue weighted by Crippen LogP contribution is -2.21. The predicted octanol–water partition coefficient (Wildman–Crippen LogP) is 4.19. The first-order valence-electron chi connectivity index (χ1n) is 10.1. The van der Waals surface area contributed by atoms with Crippen LogP contribution in [-0.2, 0) is 6.18 Å². The number of rotatable bonds is 4. The number of nitrogens with one attached hydrogen (secondary N) is 1. The zero-order valence-corrected chi connectivity index (χ0v) is 18.5. The molecule has 1 amide bonds. The fourth-order valence-corrected chi connectivity index (χ4v) is 3.74. The Hall–Kier alpha value is -4.83. The second kappa shape index (κ2) is 8.75. The van der Waals surface area contributed by atoms with E-state index >= 15 is 0 Å². The second-order valence-corrected chi connectivity index (χ2v) is 7.69. The lowest BCUT2D eigenvalue weighted by molar-refractivity contribution is -0.143. The van der Waals surface area contributed by atoms with Gasteiger partial charge in [-0.15, -0.1) is 9.90 Å². The summed E-state index contributed by atoms with van der Waals surface area (Å²) in [4.78, 5) is 22.1. The molecule has 0 saturated heterocycles. The molecular weight excluding hydrogens is 499 g/mol. The van der Waals surface area contributed by atoms with Crippen molar-refractivity contribution in [3.05, 3.63) is 83.2 Å². The van der Waals surface area contributed by atoms with Gasteiger partial charge in [0, 0.05) is 11.6 Å². The number of halogens is 4. The summed E-state index contributed by atoms with van der Waals surface area (Å²) in [6.45, 7) is 0. The number of nitriles is 1. The molecule has 0 unspecified atom stereocenters. The van der Waals surface area contributed by atoms with Crippen LogP contribution in [0.1, 0.15) is 21.7 Å². The number of amides is 1. The third-order valence-electron chi connectivity index (χ3n) is 5.01. The molecule has 4 heterocycles. The number of pyridine rings is 2. The summed E-state index contributed by atoms with van der Waals surface area (Å²) in [5.74, 6) is -1.01. The Bertz CT molecular complexity index is 1660. The Morgan fingerprint density at radius 2 is 1.92 bits per heavy atom. The van der Waals surface area contributed by atoms with Crippen molar-refractivity contribution in [2.45, 2.75) is 6.18 Å². The largest absolute Gasteiger partial charge is 0.434 e. The number of aromatic nitrogens is 7. The number of anilines is 1. The van der Waals surface area contributed by atoms with Crippen LogP contribution in [0.15, 0.2) is 61.2 Å². The minimum absolute atomic E-state index is 0.0112. The van der Waals surface area contributed by atoms with Crippen LogP contribution in [0.5, 0.6) is 0 Å². The van der Waals surface area contributed by atoms with Crippen LogP contribution in [-0.4, -0.2) is 40.6 Å². The number of benzene rings is 1. The number of nitrogens with zero attached hydrogens (tertiary/aromatic N) is 8. The number of fused-ring (bicyclic) bond motifs is 1. The predicted molar refractivity (Wildman–Crippen MR) is 121 cm³/mol. The van der Waals surface area contributed by atoms with Crippen molar-refractivity contribution in [1.29, 1.82) is 5.26 Å². The Labute approximate surface area is 204 Å². The van der Waals surface area contributed by atoms with Crippen molar-refractivity contribution in [2.75, 3.05) is 5.32 Å². The normalized spacial score (nSPS) is 11.4. The Morgan fingerprint density at radius 1 is 1.08 bits per heavy atom. The van der Waals surface area contributed by atoms with Gasteiger partial charge in [0.25, 0.3) is 5.91 Å². The van der Waals surface area contributed by atoms with Crippen molar-refractivity contribution in [1.82, 2.24) is 34.7 Å². The van der Waals surface area contributed by atoms with E-state index in [-0.39, 0.29) is 27.9 Å². The Balaban J connectivity index is 1.50. The Morgan fingerprint density at radius 3 is 2.64 bits per heavy atom. The number of hydrogen-bond donors (Lipinski definition) is 1. The topological polar surface area (TPSA) is 127 Å². The summed E-state index contributed by atoms with van der Waals surface area (Å²) < 4.78 is 43.1. The van der Waals surface area contributed by atoms with Gasteiger partial charge in [0.15, 0.2) is 17.2 Å². The third-order valence-corrected chi connectivity index (χ3v) is 5.29. The van der Waals surface area contributed by atoms with E-state index in [4.69, 9.17) is 16.9 Å². The standard InChI is InChI=1S/C22H11ClF3N9O/c23-16-7-12(9-29-20(16)35-31-10-13(8-27)33-35)32-21(36)15-11-30-34(19(15)22(24,25)26)18-5-1-4-17-14(18)3-2-6-28-17/h1-7,9-11H,(H,32,36). The van der Waals surface area contributed by atoms with Gasteiger partial charge >= 0.3 is 6.18 Å². The molecule has 10 nitrogen and oxygen atoms in total. The fraction of sp³-hybridized carbons (Fsp3) is 0.0455. The van der Waals surface area contributed by atoms with Crippen molar-refractivity contribution >= 4 is 34.1 Å². The number of carbonyl (C=O) groups excluding carboxylic acids is 1. The van der Waals surface area contributed by atoms with Gasteiger partial charge in [-0.3, -0.25) is 9.78 Å². The first-order valence-corrected chi connectivity index (χ1v) is 10.4. The van der Waals surface area contributed by atoms with E-state index in [2.05, 4.69) is 30.6 Å². The molecule has 5 aromatic rings. The molecule has 4 aromatic heterocycles. The molecule has 0 aliphatic carbocycles. The number of alkyl halides is 3. The average Bonchev–Trinajstić information content (AvgIpc) is 3.51. The Kier molecular flexibility index (Phi) is 5.57. The second-order valence-electron chi connectivity index (χ2n) is 7.28. The molecule has 36 heavy (non-hydrogen) atoms. The maximum Gasteiger partial charge on any atom is 0.434 e. The quantitative estimate of drug-likeness (QED) is 0.384. The molecular formula is C22H11ClF3N9O. The van der Waals surface area contributed by atoms with Gasteiger partial charge < -0.3 is 5.32 Å². The summed E-state index contributed by atoms with van der Waals surface area (Å²) in [6, 6.07) is 10.9. The van der Waals surface area contributed by atoms with Gasteiger partial charge in [-0.05, 0) is 30.3 Å². The SMILES string of the molecule is N#Cc1cnn(-c2ncc(NC(=O)c3cnn(-c4cccc5ncccc45)c3C(F)(F)F)cc2Cl)n1. The van der Waals surface area contributed by atoms with Gasteiger partial charge in [-0.2, -0.15) is 28.6 Å². The molecule has 0 radical (unpaired) electrons. The number of hydrogen-bond acceptors (Lipinski definition) is 7. The summed E-state index contributed by atoms with van der Waals surface area (Å²) in [6.07, 6.45) is -0.169. The highest BCUT2D eigenvalue weighted by Crippen LogP contribution is 2.35. The summed E-state index contributed by atoms with van der Waals surface area (Å²) >= 11 is 6.19. The first kappa shape index (κ1) is 22.9. The maximum atomic E-state index is 14.1. The summed E-state index contributed by atoms with van der Waals surface area (Å²) in [7, 11) is 0. The van der Waals surface area contributed by atoms with Gasteiger partial charge in [-0.25, -0.2) is 9.67 Å². The highest BCUT2D eigenvalue weighted by atomic mass is 35.5. The number of carbonyl (C=O) groups is 1. The maximum absolute atomic E-state index is 14.1. The van der Waals surface area contributed by atoms with Crippen LogP contribution in [0.25, 0.3) is 22.4 Å². The van der Waals surface area contributed by atoms with E-state index in [9.17, 15) is 18.0 Å². The molecule has 178 valence electrons. The van der Waals surface area contributed by atoms with Gasteiger partial charge in [0.2, 0.25) is 0 Å². The molecule has 5 rings (SSSR count). The molecule has 0 bridgehead atoms. The summed E-state index contributed by atoms with van der Waals surface area (Å²) in [5, 5.41) is 23.2. The van der Waals surface area contributed by atoms with E-state index in [1.54, 1.807) is 24.3 Å². The lowest BCUT2D eigenvalue weighted by atomic mass is 10.1. The third kappa shape index (κ3) is 4.10. The van der Waals surface area contributed by atoms with E-state index in [1.165, 1.54) is 30.7 Å². The smallest absolute Gasteiger partial charge is 0.320 e. The highest BCUT2D eigenvalue weighted by Gasteiger charge is 2.41. The minimum atomic E-state index is -4.91. The van der Waals surface area contributed by atoms with Crippen molar-refractivity contribution in [3.8, 4) is 17.6 Å². The van der Waals surface area contributed by atoms with Gasteiger partial charge in [0.05, 0.1) is 46.1 Å².